The molecule has 0 heterocycles. The number of hydrogen-bond donors (Lipinski definition) is 2. The summed E-state index contributed by atoms with van der Waals surface area (Å²) >= 11 is 17.5. The van der Waals surface area contributed by atoms with Crippen molar-refractivity contribution < 1.29 is 19.1 Å². The summed E-state index contributed by atoms with van der Waals surface area (Å²) in [5, 5.41) is 4.19. The Balaban J connectivity index is 1.40. The number of esters is 2. The van der Waals surface area contributed by atoms with Crippen LogP contribution >= 0.6 is 50.9 Å². The van der Waals surface area contributed by atoms with E-state index in [1.807, 2.05) is 24.3 Å². The number of rotatable bonds is 15. The van der Waals surface area contributed by atoms with Crippen LogP contribution in [0.15, 0.2) is 59.1 Å². The summed E-state index contributed by atoms with van der Waals surface area (Å²) in [5.41, 5.74) is 10.3. The summed E-state index contributed by atoms with van der Waals surface area (Å²) in [6.07, 6.45) is 0.0981. The Morgan fingerprint density at radius 3 is 2.29 bits per heavy atom. The Morgan fingerprint density at radius 1 is 0.951 bits per heavy atom. The second-order valence-electron chi connectivity index (χ2n) is 9.02. The second kappa shape index (κ2) is 16.9. The molecule has 0 fully saturated rings. The number of para-hydroxylation sites is 2. The van der Waals surface area contributed by atoms with E-state index in [-0.39, 0.29) is 25.6 Å². The fourth-order valence-electron chi connectivity index (χ4n) is 3.96. The highest BCUT2D eigenvalue weighted by Crippen LogP contribution is 2.33. The Labute approximate surface area is 264 Å². The lowest BCUT2D eigenvalue weighted by molar-refractivity contribution is -0.142. The first-order valence-corrected chi connectivity index (χ1v) is 15.9. The van der Waals surface area contributed by atoms with Gasteiger partial charge in [0, 0.05) is 28.2 Å². The number of halogens is 3. The minimum absolute atomic E-state index is 0.0981. The van der Waals surface area contributed by atoms with Gasteiger partial charge in [-0.2, -0.15) is 11.8 Å². The fourth-order valence-corrected chi connectivity index (χ4v) is 5.56. The van der Waals surface area contributed by atoms with E-state index in [9.17, 15) is 9.59 Å². The fraction of sp³-hybridized carbons (Fsp3) is 0.333. The first kappa shape index (κ1) is 33.1. The SMILES string of the molecule is CCN(CC)Cc1cc(C(=O)OCCSCCOC(=O)Cc2ccccc2Nc2c(Cl)cccc2Cl)cc(Br)c1N. The average molecular weight is 683 g/mol. The maximum absolute atomic E-state index is 12.6. The van der Waals surface area contributed by atoms with Gasteiger partial charge in [0.2, 0.25) is 0 Å². The third kappa shape index (κ3) is 10.1. The van der Waals surface area contributed by atoms with Gasteiger partial charge in [0.05, 0.1) is 33.4 Å². The van der Waals surface area contributed by atoms with Crippen LogP contribution in [0, 0.1) is 0 Å². The minimum atomic E-state index is -0.399. The summed E-state index contributed by atoms with van der Waals surface area (Å²) in [6.45, 7) is 7.10. The van der Waals surface area contributed by atoms with Crippen molar-refractivity contribution in [2.75, 3.05) is 48.9 Å². The van der Waals surface area contributed by atoms with Crippen molar-refractivity contribution in [2.45, 2.75) is 26.8 Å². The van der Waals surface area contributed by atoms with E-state index >= 15 is 0 Å². The maximum Gasteiger partial charge on any atom is 0.338 e. The molecule has 0 bridgehead atoms. The van der Waals surface area contributed by atoms with E-state index in [4.69, 9.17) is 38.4 Å². The van der Waals surface area contributed by atoms with Crippen LogP contribution in [0.3, 0.4) is 0 Å². The molecule has 7 nitrogen and oxygen atoms in total. The Hall–Kier alpha value is -2.43. The van der Waals surface area contributed by atoms with Crippen molar-refractivity contribution in [3.05, 3.63) is 85.8 Å². The zero-order valence-corrected chi connectivity index (χ0v) is 27.0. The van der Waals surface area contributed by atoms with Crippen molar-refractivity contribution in [2.24, 2.45) is 0 Å². The Morgan fingerprint density at radius 2 is 1.61 bits per heavy atom. The van der Waals surface area contributed by atoms with Gasteiger partial charge < -0.3 is 20.5 Å². The number of nitrogens with two attached hydrogens (primary N) is 1. The van der Waals surface area contributed by atoms with Crippen molar-refractivity contribution in [1.29, 1.82) is 0 Å². The number of thioether (sulfide) groups is 1. The Bertz CT molecular complexity index is 1320. The van der Waals surface area contributed by atoms with Crippen LogP contribution in [-0.2, 0) is 27.2 Å². The van der Waals surface area contributed by atoms with Gasteiger partial charge in [-0.15, -0.1) is 0 Å². The summed E-state index contributed by atoms with van der Waals surface area (Å²) in [6, 6.07) is 16.2. The van der Waals surface area contributed by atoms with Gasteiger partial charge >= 0.3 is 11.9 Å². The molecule has 41 heavy (non-hydrogen) atoms. The highest BCUT2D eigenvalue weighted by atomic mass is 79.9. The number of nitrogen functional groups attached to an aromatic ring is 1. The second-order valence-corrected chi connectivity index (χ2v) is 11.9. The molecule has 0 amide bonds. The number of carbonyl (C=O) groups excluding carboxylic acids is 2. The predicted molar refractivity (Wildman–Crippen MR) is 174 cm³/mol. The molecular formula is C30H34BrCl2N3O4S. The highest BCUT2D eigenvalue weighted by molar-refractivity contribution is 9.10. The lowest BCUT2D eigenvalue weighted by atomic mass is 10.1. The van der Waals surface area contributed by atoms with Crippen molar-refractivity contribution >= 4 is 79.9 Å². The number of hydrogen-bond acceptors (Lipinski definition) is 8. The molecule has 11 heteroatoms. The standard InChI is InChI=1S/C30H34BrCl2N3O4S/c1-3-36(4-2)19-22-16-21(17-23(31)28(22)34)30(38)40-13-15-41-14-12-39-27(37)18-20-8-5-6-11-26(20)35-29-24(32)9-7-10-25(29)33/h5-11,16-17,35H,3-4,12-15,18-19,34H2,1-2H3. The number of anilines is 3. The lowest BCUT2D eigenvalue weighted by Gasteiger charge is -2.20. The summed E-state index contributed by atoms with van der Waals surface area (Å²) in [4.78, 5) is 27.3. The van der Waals surface area contributed by atoms with E-state index in [0.29, 0.717) is 49.5 Å². The number of nitrogens with zero attached hydrogens (tertiary/aromatic N) is 1. The molecule has 0 aliphatic heterocycles. The van der Waals surface area contributed by atoms with Crippen molar-refractivity contribution in [1.82, 2.24) is 4.90 Å². The molecule has 0 aromatic heterocycles. The molecule has 0 aliphatic carbocycles. The van der Waals surface area contributed by atoms with Gasteiger partial charge in [0.1, 0.15) is 13.2 Å². The quantitative estimate of drug-likeness (QED) is 0.0962. The summed E-state index contributed by atoms with van der Waals surface area (Å²) < 4.78 is 11.5. The van der Waals surface area contributed by atoms with Crippen LogP contribution in [0.1, 0.15) is 35.3 Å². The zero-order chi connectivity index (χ0) is 29.8. The third-order valence-corrected chi connectivity index (χ3v) is 8.46. The van der Waals surface area contributed by atoms with Crippen LogP contribution in [0.25, 0.3) is 0 Å². The van der Waals surface area contributed by atoms with E-state index in [0.717, 1.165) is 29.9 Å². The Kier molecular flexibility index (Phi) is 13.6. The smallest absolute Gasteiger partial charge is 0.338 e. The van der Waals surface area contributed by atoms with Gasteiger partial charge in [-0.25, -0.2) is 4.79 Å². The molecule has 3 rings (SSSR count). The first-order chi connectivity index (χ1) is 19.7. The molecule has 0 aliphatic rings. The van der Waals surface area contributed by atoms with E-state index < -0.39 is 5.97 Å². The van der Waals surface area contributed by atoms with Crippen LogP contribution in [0.2, 0.25) is 10.0 Å². The van der Waals surface area contributed by atoms with E-state index in [2.05, 4.69) is 40.0 Å². The van der Waals surface area contributed by atoms with E-state index in [1.54, 1.807) is 30.3 Å². The van der Waals surface area contributed by atoms with Crippen LogP contribution < -0.4 is 11.1 Å². The zero-order valence-electron chi connectivity index (χ0n) is 23.1. The number of carbonyl (C=O) groups is 2. The topological polar surface area (TPSA) is 93.9 Å². The van der Waals surface area contributed by atoms with Crippen molar-refractivity contribution in [3.8, 4) is 0 Å². The van der Waals surface area contributed by atoms with Gasteiger partial charge in [-0.05, 0) is 70.5 Å². The minimum Gasteiger partial charge on any atom is -0.465 e. The molecule has 0 saturated heterocycles. The molecule has 0 spiro atoms. The molecule has 220 valence electrons. The normalized spacial score (nSPS) is 11.0. The summed E-state index contributed by atoms with van der Waals surface area (Å²) in [5.74, 6) is 0.423. The van der Waals surface area contributed by atoms with Crippen LogP contribution in [0.4, 0.5) is 17.1 Å². The molecule has 3 aromatic carbocycles. The molecule has 3 N–H and O–H groups in total. The molecule has 3 aromatic rings. The predicted octanol–water partition coefficient (Wildman–Crippen LogP) is 7.60. The molecule has 0 saturated carbocycles. The largest absolute Gasteiger partial charge is 0.465 e. The highest BCUT2D eigenvalue weighted by Gasteiger charge is 2.15. The maximum atomic E-state index is 12.6. The van der Waals surface area contributed by atoms with Crippen molar-refractivity contribution in [3.63, 3.8) is 0 Å². The van der Waals surface area contributed by atoms with Gasteiger partial charge in [0.15, 0.2) is 0 Å². The lowest BCUT2D eigenvalue weighted by Crippen LogP contribution is -2.23. The first-order valence-electron chi connectivity index (χ1n) is 13.2. The van der Waals surface area contributed by atoms with E-state index in [1.165, 1.54) is 11.8 Å². The third-order valence-electron chi connectivity index (χ3n) is 6.27. The number of nitrogens with one attached hydrogen (secondary N) is 1. The summed E-state index contributed by atoms with van der Waals surface area (Å²) in [7, 11) is 0. The molecule has 0 unspecified atom stereocenters. The number of benzene rings is 3. The van der Waals surface area contributed by atoms with Gasteiger partial charge in [-0.3, -0.25) is 9.69 Å². The number of ether oxygens (including phenoxy) is 2. The molecule has 0 atom stereocenters. The van der Waals surface area contributed by atoms with Gasteiger partial charge in [0.25, 0.3) is 0 Å². The monoisotopic (exact) mass is 681 g/mol. The average Bonchev–Trinajstić information content (AvgIpc) is 2.95. The molecule has 0 radical (unpaired) electrons. The van der Waals surface area contributed by atoms with Crippen LogP contribution in [0.5, 0.6) is 0 Å². The molecular weight excluding hydrogens is 649 g/mol. The van der Waals surface area contributed by atoms with Gasteiger partial charge in [-0.1, -0.05) is 61.3 Å². The van der Waals surface area contributed by atoms with Crippen LogP contribution in [-0.4, -0.2) is 54.6 Å².